The lowest BCUT2D eigenvalue weighted by Gasteiger charge is -2.21. The van der Waals surface area contributed by atoms with Gasteiger partial charge in [0.15, 0.2) is 0 Å². The van der Waals surface area contributed by atoms with Crippen LogP contribution in [0.3, 0.4) is 0 Å². The summed E-state index contributed by atoms with van der Waals surface area (Å²) in [4.78, 5) is 17.2. The summed E-state index contributed by atoms with van der Waals surface area (Å²) in [5.41, 5.74) is 1.11. The molecule has 1 aromatic heterocycles. The van der Waals surface area contributed by atoms with E-state index in [1.165, 1.54) is 4.88 Å². The summed E-state index contributed by atoms with van der Waals surface area (Å²) >= 11 is 7.64. The second-order valence-electron chi connectivity index (χ2n) is 5.13. The fraction of sp³-hybridized carbons (Fsp3) is 0.312. The Balaban J connectivity index is 1.84. The van der Waals surface area contributed by atoms with Crippen molar-refractivity contribution in [1.82, 2.24) is 9.80 Å². The van der Waals surface area contributed by atoms with Crippen LogP contribution in [0.2, 0.25) is 5.02 Å². The molecule has 0 atom stereocenters. The highest BCUT2D eigenvalue weighted by Gasteiger charge is 2.12. The number of benzene rings is 1. The van der Waals surface area contributed by atoms with Crippen molar-refractivity contribution in [2.45, 2.75) is 13.1 Å². The van der Waals surface area contributed by atoms with Crippen molar-refractivity contribution in [1.29, 1.82) is 0 Å². The molecule has 0 aliphatic rings. The minimum Gasteiger partial charge on any atom is -0.340 e. The Morgan fingerprint density at radius 2 is 2.00 bits per heavy atom. The van der Waals surface area contributed by atoms with Crippen LogP contribution in [0.1, 0.15) is 10.4 Å². The van der Waals surface area contributed by atoms with Gasteiger partial charge in [0.1, 0.15) is 0 Å². The number of halogens is 1. The van der Waals surface area contributed by atoms with Gasteiger partial charge in [0.05, 0.1) is 13.1 Å². The molecular weight excluding hydrogens is 304 g/mol. The molecule has 0 aliphatic carbocycles. The predicted molar refractivity (Wildman–Crippen MR) is 88.6 cm³/mol. The molecular formula is C16H19ClN2OS. The molecule has 0 aliphatic heterocycles. The molecule has 0 N–H and O–H groups in total. The number of rotatable bonds is 6. The summed E-state index contributed by atoms with van der Waals surface area (Å²) in [5, 5.41) is 2.75. The monoisotopic (exact) mass is 322 g/mol. The van der Waals surface area contributed by atoms with E-state index in [0.717, 1.165) is 10.6 Å². The number of thiophene rings is 1. The van der Waals surface area contributed by atoms with E-state index in [2.05, 4.69) is 0 Å². The van der Waals surface area contributed by atoms with Crippen LogP contribution < -0.4 is 0 Å². The van der Waals surface area contributed by atoms with E-state index >= 15 is 0 Å². The van der Waals surface area contributed by atoms with E-state index in [0.29, 0.717) is 19.6 Å². The van der Waals surface area contributed by atoms with Crippen molar-refractivity contribution in [2.75, 3.05) is 20.6 Å². The van der Waals surface area contributed by atoms with Gasteiger partial charge in [-0.15, -0.1) is 11.3 Å². The predicted octanol–water partition coefficient (Wildman–Crippen LogP) is 3.49. The maximum absolute atomic E-state index is 12.2. The molecule has 0 unspecified atom stereocenters. The van der Waals surface area contributed by atoms with Gasteiger partial charge in [0, 0.05) is 23.5 Å². The number of carbonyl (C=O) groups is 1. The molecule has 0 saturated heterocycles. The average Bonchev–Trinajstić information content (AvgIpc) is 2.91. The molecule has 21 heavy (non-hydrogen) atoms. The molecule has 0 radical (unpaired) electrons. The minimum absolute atomic E-state index is 0.118. The topological polar surface area (TPSA) is 23.6 Å². The molecule has 0 fully saturated rings. The zero-order valence-corrected chi connectivity index (χ0v) is 13.8. The van der Waals surface area contributed by atoms with Crippen LogP contribution in [0.4, 0.5) is 0 Å². The first-order chi connectivity index (χ1) is 10.0. The molecule has 112 valence electrons. The van der Waals surface area contributed by atoms with Crippen LogP contribution in [0.25, 0.3) is 0 Å². The van der Waals surface area contributed by atoms with Crippen LogP contribution >= 0.6 is 22.9 Å². The number of likely N-dealkylation sites (N-methyl/N-ethyl adjacent to an activating group) is 2. The molecule has 1 amide bonds. The van der Waals surface area contributed by atoms with E-state index in [-0.39, 0.29) is 5.91 Å². The summed E-state index contributed by atoms with van der Waals surface area (Å²) in [6.45, 7) is 1.77. The van der Waals surface area contributed by atoms with E-state index < -0.39 is 0 Å². The lowest BCUT2D eigenvalue weighted by atomic mass is 10.2. The molecule has 2 aromatic rings. The van der Waals surface area contributed by atoms with E-state index in [1.807, 2.05) is 60.8 Å². The molecule has 1 heterocycles. The summed E-state index contributed by atoms with van der Waals surface area (Å²) in [6.07, 6.45) is 0. The molecule has 2 rings (SSSR count). The zero-order chi connectivity index (χ0) is 15.2. The second kappa shape index (κ2) is 7.59. The maximum atomic E-state index is 12.2. The average molecular weight is 323 g/mol. The van der Waals surface area contributed by atoms with Crippen LogP contribution in [0, 0.1) is 0 Å². The molecule has 1 aromatic carbocycles. The highest BCUT2D eigenvalue weighted by atomic mass is 35.5. The van der Waals surface area contributed by atoms with Crippen molar-refractivity contribution in [3.8, 4) is 0 Å². The van der Waals surface area contributed by atoms with Gasteiger partial charge < -0.3 is 4.90 Å². The van der Waals surface area contributed by atoms with Gasteiger partial charge in [-0.05, 0) is 36.2 Å². The minimum atomic E-state index is 0.118. The first-order valence-corrected chi connectivity index (χ1v) is 7.99. The third-order valence-corrected chi connectivity index (χ3v) is 4.24. The quantitative estimate of drug-likeness (QED) is 0.812. The Morgan fingerprint density at radius 1 is 1.19 bits per heavy atom. The van der Waals surface area contributed by atoms with Gasteiger partial charge in [-0.1, -0.05) is 29.8 Å². The number of hydrogen-bond acceptors (Lipinski definition) is 3. The van der Waals surface area contributed by atoms with Gasteiger partial charge in [0.25, 0.3) is 0 Å². The number of carbonyl (C=O) groups excluding carboxylic acids is 1. The Bertz CT molecular complexity index is 586. The van der Waals surface area contributed by atoms with Gasteiger partial charge in [-0.25, -0.2) is 0 Å². The highest BCUT2D eigenvalue weighted by Crippen LogP contribution is 2.13. The summed E-state index contributed by atoms with van der Waals surface area (Å²) in [6, 6.07) is 11.8. The van der Waals surface area contributed by atoms with Crippen LogP contribution in [0.5, 0.6) is 0 Å². The third-order valence-electron chi connectivity index (χ3n) is 3.15. The van der Waals surface area contributed by atoms with Gasteiger partial charge >= 0.3 is 0 Å². The van der Waals surface area contributed by atoms with Crippen molar-refractivity contribution >= 4 is 28.8 Å². The van der Waals surface area contributed by atoms with Crippen molar-refractivity contribution < 1.29 is 4.79 Å². The number of nitrogens with zero attached hydrogens (tertiary/aromatic N) is 2. The Labute approximate surface area is 134 Å². The van der Waals surface area contributed by atoms with Crippen molar-refractivity contribution in [2.24, 2.45) is 0 Å². The standard InChI is InChI=1S/C16H19ClN2OS/c1-18(10-13-5-3-6-14(17)9-13)12-16(20)19(2)11-15-7-4-8-21-15/h3-9H,10-12H2,1-2H3. The summed E-state index contributed by atoms with van der Waals surface area (Å²) < 4.78 is 0. The Morgan fingerprint density at radius 3 is 2.67 bits per heavy atom. The van der Waals surface area contributed by atoms with Gasteiger partial charge in [-0.2, -0.15) is 0 Å². The molecule has 0 spiro atoms. The van der Waals surface area contributed by atoms with E-state index in [9.17, 15) is 4.79 Å². The lowest BCUT2D eigenvalue weighted by Crippen LogP contribution is -2.35. The summed E-state index contributed by atoms with van der Waals surface area (Å²) in [5.74, 6) is 0.118. The van der Waals surface area contributed by atoms with E-state index in [4.69, 9.17) is 11.6 Å². The smallest absolute Gasteiger partial charge is 0.236 e. The van der Waals surface area contributed by atoms with Gasteiger partial charge in [0.2, 0.25) is 5.91 Å². The van der Waals surface area contributed by atoms with Crippen LogP contribution in [0.15, 0.2) is 41.8 Å². The lowest BCUT2D eigenvalue weighted by molar-refractivity contribution is -0.131. The molecule has 3 nitrogen and oxygen atoms in total. The fourth-order valence-electron chi connectivity index (χ4n) is 2.08. The zero-order valence-electron chi connectivity index (χ0n) is 12.3. The van der Waals surface area contributed by atoms with E-state index in [1.54, 1.807) is 16.2 Å². The maximum Gasteiger partial charge on any atom is 0.236 e. The number of hydrogen-bond donors (Lipinski definition) is 0. The molecule has 5 heteroatoms. The van der Waals surface area contributed by atoms with Crippen molar-refractivity contribution in [3.63, 3.8) is 0 Å². The Hall–Kier alpha value is -1.36. The fourth-order valence-corrected chi connectivity index (χ4v) is 3.05. The third kappa shape index (κ3) is 5.16. The van der Waals surface area contributed by atoms with Crippen LogP contribution in [-0.4, -0.2) is 36.3 Å². The number of amides is 1. The highest BCUT2D eigenvalue weighted by molar-refractivity contribution is 7.09. The first-order valence-electron chi connectivity index (χ1n) is 6.74. The molecule has 0 saturated carbocycles. The second-order valence-corrected chi connectivity index (χ2v) is 6.60. The van der Waals surface area contributed by atoms with Crippen molar-refractivity contribution in [3.05, 3.63) is 57.2 Å². The van der Waals surface area contributed by atoms with Gasteiger partial charge in [-0.3, -0.25) is 9.69 Å². The normalized spacial score (nSPS) is 10.9. The molecule has 0 bridgehead atoms. The summed E-state index contributed by atoms with van der Waals surface area (Å²) in [7, 11) is 3.78. The van der Waals surface area contributed by atoms with Crippen LogP contribution in [-0.2, 0) is 17.9 Å². The first kappa shape index (κ1) is 16.0. The largest absolute Gasteiger partial charge is 0.340 e. The SMILES string of the molecule is CN(CC(=O)N(C)Cc1cccs1)Cc1cccc(Cl)c1. The Kier molecular flexibility index (Phi) is 5.79.